The fourth-order valence-electron chi connectivity index (χ4n) is 5.92. The van der Waals surface area contributed by atoms with Gasteiger partial charge in [-0.25, -0.2) is 0 Å². The van der Waals surface area contributed by atoms with Crippen LogP contribution < -0.4 is 5.43 Å². The van der Waals surface area contributed by atoms with E-state index in [0.717, 1.165) is 24.8 Å². The molecule has 0 radical (unpaired) electrons. The van der Waals surface area contributed by atoms with Crippen LogP contribution in [0.4, 0.5) is 0 Å². The molecule has 0 atom stereocenters. The molecule has 1 N–H and O–H groups in total. The zero-order valence-electron chi connectivity index (χ0n) is 15.3. The number of hydrogen-bond acceptors (Lipinski definition) is 4. The standard InChI is InChI=1S/C21H21ClN2O2S2/c22-16-3-1-2-12(7-16)8-17-18(25)24(20(27)28-17)23-19(26)21-9-13-4-14(10-21)6-15(5-13)11-21/h1-3,7-8,13-15H,4-6,9-11H2,(H,23,26)/b17-8+. The molecule has 6 rings (SSSR count). The van der Waals surface area contributed by atoms with Gasteiger partial charge >= 0.3 is 0 Å². The molecular formula is C21H21ClN2O2S2. The highest BCUT2D eigenvalue weighted by atomic mass is 35.5. The lowest BCUT2D eigenvalue weighted by molar-refractivity contribution is -0.152. The second-order valence-electron chi connectivity index (χ2n) is 8.71. The average molecular weight is 433 g/mol. The molecule has 1 heterocycles. The molecule has 7 heteroatoms. The lowest BCUT2D eigenvalue weighted by Gasteiger charge is -2.55. The molecule has 2 amide bonds. The lowest BCUT2D eigenvalue weighted by atomic mass is 9.49. The SMILES string of the molecule is O=C1/C(=C\c2cccc(Cl)c2)SC(=S)N1NC(=O)C12CC3CC(CC(C3)C1)C2. The summed E-state index contributed by atoms with van der Waals surface area (Å²) in [5, 5.41) is 1.87. The van der Waals surface area contributed by atoms with E-state index >= 15 is 0 Å². The molecule has 0 unspecified atom stereocenters. The molecule has 0 aromatic heterocycles. The summed E-state index contributed by atoms with van der Waals surface area (Å²) in [6.45, 7) is 0. The number of hydrogen-bond donors (Lipinski definition) is 1. The number of nitrogens with zero attached hydrogens (tertiary/aromatic N) is 1. The van der Waals surface area contributed by atoms with Crippen molar-refractivity contribution in [1.29, 1.82) is 0 Å². The number of carbonyl (C=O) groups excluding carboxylic acids is 2. The summed E-state index contributed by atoms with van der Waals surface area (Å²) in [7, 11) is 0. The van der Waals surface area contributed by atoms with Crippen LogP contribution >= 0.6 is 35.6 Å². The van der Waals surface area contributed by atoms with Gasteiger partial charge in [-0.15, -0.1) is 0 Å². The molecule has 28 heavy (non-hydrogen) atoms. The van der Waals surface area contributed by atoms with Gasteiger partial charge in [0, 0.05) is 5.02 Å². The predicted molar refractivity (Wildman–Crippen MR) is 115 cm³/mol. The van der Waals surface area contributed by atoms with Crippen molar-refractivity contribution in [3.8, 4) is 0 Å². The number of amides is 2. The Morgan fingerprint density at radius 3 is 2.46 bits per heavy atom. The quantitative estimate of drug-likeness (QED) is 0.551. The minimum Gasteiger partial charge on any atom is -0.273 e. The van der Waals surface area contributed by atoms with Crippen LogP contribution in [0, 0.1) is 23.2 Å². The van der Waals surface area contributed by atoms with Gasteiger partial charge < -0.3 is 0 Å². The Morgan fingerprint density at radius 2 is 1.86 bits per heavy atom. The van der Waals surface area contributed by atoms with Crippen molar-refractivity contribution in [2.24, 2.45) is 23.2 Å². The molecule has 1 aromatic carbocycles. The van der Waals surface area contributed by atoms with Crippen molar-refractivity contribution >= 4 is 57.8 Å². The van der Waals surface area contributed by atoms with Crippen molar-refractivity contribution in [1.82, 2.24) is 10.4 Å². The Bertz CT molecular complexity index is 878. The molecule has 1 aliphatic heterocycles. The van der Waals surface area contributed by atoms with Gasteiger partial charge in [-0.05, 0) is 92.3 Å². The second kappa shape index (κ2) is 6.85. The molecule has 4 saturated carbocycles. The van der Waals surface area contributed by atoms with Crippen LogP contribution in [0.5, 0.6) is 0 Å². The van der Waals surface area contributed by atoms with Gasteiger partial charge in [0.05, 0.1) is 10.3 Å². The summed E-state index contributed by atoms with van der Waals surface area (Å²) in [5.41, 5.74) is 3.40. The second-order valence-corrected chi connectivity index (χ2v) is 10.8. The van der Waals surface area contributed by atoms with E-state index in [-0.39, 0.29) is 17.2 Å². The third-order valence-electron chi connectivity index (χ3n) is 6.67. The first-order chi connectivity index (χ1) is 13.4. The first-order valence-electron chi connectivity index (χ1n) is 9.76. The van der Waals surface area contributed by atoms with Gasteiger partial charge in [0.25, 0.3) is 5.91 Å². The molecule has 1 aromatic rings. The van der Waals surface area contributed by atoms with E-state index in [4.69, 9.17) is 23.8 Å². The van der Waals surface area contributed by atoms with E-state index in [1.165, 1.54) is 36.0 Å². The lowest BCUT2D eigenvalue weighted by Crippen LogP contribution is -2.57. The maximum Gasteiger partial charge on any atom is 0.285 e. The Balaban J connectivity index is 1.34. The van der Waals surface area contributed by atoms with Crippen LogP contribution in [0.3, 0.4) is 0 Å². The number of benzene rings is 1. The number of hydrazine groups is 1. The monoisotopic (exact) mass is 432 g/mol. The summed E-state index contributed by atoms with van der Waals surface area (Å²) >= 11 is 12.6. The maximum atomic E-state index is 13.2. The van der Waals surface area contributed by atoms with Crippen LogP contribution in [0.2, 0.25) is 5.02 Å². The molecule has 5 fully saturated rings. The van der Waals surface area contributed by atoms with E-state index in [1.807, 2.05) is 12.1 Å². The minimum absolute atomic E-state index is 0.0214. The van der Waals surface area contributed by atoms with Crippen molar-refractivity contribution in [3.05, 3.63) is 39.8 Å². The van der Waals surface area contributed by atoms with Gasteiger partial charge in [0.2, 0.25) is 5.91 Å². The van der Waals surface area contributed by atoms with E-state index in [2.05, 4.69) is 5.43 Å². The summed E-state index contributed by atoms with van der Waals surface area (Å²) in [6, 6.07) is 7.30. The first-order valence-corrected chi connectivity index (χ1v) is 11.4. The molecule has 5 aliphatic rings. The fraction of sp³-hybridized carbons (Fsp3) is 0.476. The predicted octanol–water partition coefficient (Wildman–Crippen LogP) is 4.79. The fourth-order valence-corrected chi connectivity index (χ4v) is 7.30. The highest BCUT2D eigenvalue weighted by Gasteiger charge is 2.55. The third kappa shape index (κ3) is 3.19. The van der Waals surface area contributed by atoms with Gasteiger partial charge in [0.15, 0.2) is 4.32 Å². The minimum atomic E-state index is -0.311. The van der Waals surface area contributed by atoms with Gasteiger partial charge in [-0.3, -0.25) is 15.0 Å². The molecule has 1 saturated heterocycles. The Hall–Kier alpha value is -1.37. The molecule has 4 nitrogen and oxygen atoms in total. The molecule has 4 aliphatic carbocycles. The Morgan fingerprint density at radius 1 is 1.21 bits per heavy atom. The van der Waals surface area contributed by atoms with Gasteiger partial charge in [-0.1, -0.05) is 35.5 Å². The zero-order chi connectivity index (χ0) is 19.5. The van der Waals surface area contributed by atoms with Crippen LogP contribution in [0.1, 0.15) is 44.1 Å². The zero-order valence-corrected chi connectivity index (χ0v) is 17.7. The van der Waals surface area contributed by atoms with E-state index in [9.17, 15) is 9.59 Å². The van der Waals surface area contributed by atoms with Crippen LogP contribution in [-0.2, 0) is 9.59 Å². The topological polar surface area (TPSA) is 49.4 Å². The molecule has 4 bridgehead atoms. The molecule has 0 spiro atoms. The molecule has 146 valence electrons. The third-order valence-corrected chi connectivity index (χ3v) is 8.21. The highest BCUT2D eigenvalue weighted by Crippen LogP contribution is 2.60. The number of halogens is 1. The largest absolute Gasteiger partial charge is 0.285 e. The first kappa shape index (κ1) is 18.6. The summed E-state index contributed by atoms with van der Waals surface area (Å²) in [5.74, 6) is 1.72. The Kier molecular flexibility index (Phi) is 4.56. The summed E-state index contributed by atoms with van der Waals surface area (Å²) in [6.07, 6.45) is 8.46. The van der Waals surface area contributed by atoms with E-state index in [0.29, 0.717) is 32.0 Å². The van der Waals surface area contributed by atoms with Crippen LogP contribution in [0.25, 0.3) is 6.08 Å². The van der Waals surface area contributed by atoms with Crippen LogP contribution in [-0.4, -0.2) is 21.1 Å². The number of thiocarbonyl (C=S) groups is 1. The van der Waals surface area contributed by atoms with Crippen LogP contribution in [0.15, 0.2) is 29.2 Å². The highest BCUT2D eigenvalue weighted by molar-refractivity contribution is 8.26. The van der Waals surface area contributed by atoms with Crippen molar-refractivity contribution < 1.29 is 9.59 Å². The molecular weight excluding hydrogens is 412 g/mol. The smallest absolute Gasteiger partial charge is 0.273 e. The number of thioether (sulfide) groups is 1. The van der Waals surface area contributed by atoms with E-state index < -0.39 is 0 Å². The number of nitrogens with one attached hydrogen (secondary N) is 1. The summed E-state index contributed by atoms with van der Waals surface area (Å²) in [4.78, 5) is 26.6. The van der Waals surface area contributed by atoms with Crippen molar-refractivity contribution in [2.75, 3.05) is 0 Å². The van der Waals surface area contributed by atoms with Crippen molar-refractivity contribution in [2.45, 2.75) is 38.5 Å². The number of carbonyl (C=O) groups is 2. The van der Waals surface area contributed by atoms with Gasteiger partial charge in [-0.2, -0.15) is 5.01 Å². The van der Waals surface area contributed by atoms with E-state index in [1.54, 1.807) is 18.2 Å². The summed E-state index contributed by atoms with van der Waals surface area (Å²) < 4.78 is 0.372. The number of rotatable bonds is 3. The maximum absolute atomic E-state index is 13.2. The average Bonchev–Trinajstić information content (AvgIpc) is 2.88. The Labute approximate surface area is 179 Å². The normalized spacial score (nSPS) is 35.1. The van der Waals surface area contributed by atoms with Crippen molar-refractivity contribution in [3.63, 3.8) is 0 Å². The van der Waals surface area contributed by atoms with Gasteiger partial charge in [0.1, 0.15) is 0 Å².